The van der Waals surface area contributed by atoms with Crippen molar-refractivity contribution in [2.75, 3.05) is 31.3 Å². The minimum Gasteiger partial charge on any atom is -0.397 e. The molecular weight excluding hydrogens is 244 g/mol. The van der Waals surface area contributed by atoms with Crippen LogP contribution >= 0.6 is 0 Å². The lowest BCUT2D eigenvalue weighted by molar-refractivity contribution is 0.100. The molecule has 0 saturated carbocycles. The summed E-state index contributed by atoms with van der Waals surface area (Å²) in [5.41, 5.74) is 11.7. The first kappa shape index (κ1) is 15.2. The highest BCUT2D eigenvalue weighted by Gasteiger charge is 2.19. The van der Waals surface area contributed by atoms with Gasteiger partial charge in [-0.1, -0.05) is 13.8 Å². The van der Waals surface area contributed by atoms with Gasteiger partial charge in [-0.15, -0.1) is 0 Å². The number of aromatic nitrogens is 1. The van der Waals surface area contributed by atoms with Crippen molar-refractivity contribution in [1.29, 1.82) is 0 Å². The van der Waals surface area contributed by atoms with Gasteiger partial charge in [0.2, 0.25) is 0 Å². The molecule has 106 valence electrons. The number of hydrogen-bond acceptors (Lipinski definition) is 5. The summed E-state index contributed by atoms with van der Waals surface area (Å²) < 4.78 is 5.07. The van der Waals surface area contributed by atoms with Crippen molar-refractivity contribution in [1.82, 2.24) is 4.98 Å². The molecule has 0 atom stereocenters. The fourth-order valence-corrected chi connectivity index (χ4v) is 1.60. The Labute approximate surface area is 113 Å². The van der Waals surface area contributed by atoms with Crippen molar-refractivity contribution in [2.24, 2.45) is 11.1 Å². The average Bonchev–Trinajstić information content (AvgIpc) is 2.35. The van der Waals surface area contributed by atoms with Crippen molar-refractivity contribution in [3.8, 4) is 0 Å². The molecule has 6 heteroatoms. The number of hydrogen-bond donors (Lipinski definition) is 3. The number of methoxy groups -OCH3 is 1. The minimum atomic E-state index is -0.544. The molecule has 0 radical (unpaired) electrons. The van der Waals surface area contributed by atoms with Crippen LogP contribution in [-0.4, -0.2) is 31.2 Å². The number of anilines is 2. The molecule has 0 unspecified atom stereocenters. The molecule has 0 spiro atoms. The molecule has 1 amide bonds. The van der Waals surface area contributed by atoms with E-state index >= 15 is 0 Å². The van der Waals surface area contributed by atoms with Gasteiger partial charge in [0.15, 0.2) is 0 Å². The highest BCUT2D eigenvalue weighted by molar-refractivity contribution is 5.98. The van der Waals surface area contributed by atoms with Crippen molar-refractivity contribution >= 4 is 17.4 Å². The van der Waals surface area contributed by atoms with E-state index in [1.807, 2.05) is 0 Å². The van der Waals surface area contributed by atoms with Gasteiger partial charge in [-0.25, -0.2) is 4.98 Å². The van der Waals surface area contributed by atoms with E-state index in [1.165, 1.54) is 12.3 Å². The van der Waals surface area contributed by atoms with Gasteiger partial charge in [0, 0.05) is 20.3 Å². The quantitative estimate of drug-likeness (QED) is 0.689. The fourth-order valence-electron chi connectivity index (χ4n) is 1.60. The third kappa shape index (κ3) is 4.75. The third-order valence-electron chi connectivity index (χ3n) is 2.89. The van der Waals surface area contributed by atoms with Crippen LogP contribution in [0.2, 0.25) is 0 Å². The molecule has 5 N–H and O–H groups in total. The zero-order valence-electron chi connectivity index (χ0n) is 11.7. The molecule has 0 saturated heterocycles. The Bertz CT molecular complexity index is 446. The number of carbonyl (C=O) groups excluding carboxylic acids is 1. The molecular formula is C13H22N4O2. The van der Waals surface area contributed by atoms with Gasteiger partial charge in [0.05, 0.1) is 17.4 Å². The largest absolute Gasteiger partial charge is 0.397 e. The summed E-state index contributed by atoms with van der Waals surface area (Å²) in [5, 5.41) is 3.15. The lowest BCUT2D eigenvalue weighted by Crippen LogP contribution is -2.26. The molecule has 0 aliphatic carbocycles. The lowest BCUT2D eigenvalue weighted by atomic mass is 9.89. The Morgan fingerprint density at radius 3 is 2.79 bits per heavy atom. The second-order valence-electron chi connectivity index (χ2n) is 5.29. The number of ether oxygens (including phenoxy) is 1. The third-order valence-corrected chi connectivity index (χ3v) is 2.89. The van der Waals surface area contributed by atoms with E-state index in [1.54, 1.807) is 7.11 Å². The van der Waals surface area contributed by atoms with Crippen LogP contribution in [0.4, 0.5) is 11.5 Å². The molecule has 0 aromatic carbocycles. The molecule has 0 fully saturated rings. The first-order chi connectivity index (χ1) is 8.85. The predicted molar refractivity (Wildman–Crippen MR) is 75.9 cm³/mol. The topological polar surface area (TPSA) is 103 Å². The van der Waals surface area contributed by atoms with Gasteiger partial charge in [0.25, 0.3) is 5.91 Å². The number of nitrogens with one attached hydrogen (secondary N) is 1. The van der Waals surface area contributed by atoms with E-state index < -0.39 is 5.91 Å². The van der Waals surface area contributed by atoms with Crippen molar-refractivity contribution in [2.45, 2.75) is 20.3 Å². The Kier molecular flexibility index (Phi) is 5.11. The van der Waals surface area contributed by atoms with Gasteiger partial charge in [-0.05, 0) is 17.9 Å². The standard InChI is InChI=1S/C13H22N4O2/c1-13(2,4-5-19-3)8-17-12-10(11(15)18)6-9(14)7-16-12/h6-7H,4-5,8,14H2,1-3H3,(H2,15,18)(H,16,17). The van der Waals surface area contributed by atoms with Crippen LogP contribution in [0.15, 0.2) is 12.3 Å². The van der Waals surface area contributed by atoms with Crippen molar-refractivity contribution in [3.05, 3.63) is 17.8 Å². The van der Waals surface area contributed by atoms with E-state index in [4.69, 9.17) is 16.2 Å². The second-order valence-corrected chi connectivity index (χ2v) is 5.29. The van der Waals surface area contributed by atoms with Crippen LogP contribution in [0.1, 0.15) is 30.6 Å². The number of amides is 1. The lowest BCUT2D eigenvalue weighted by Gasteiger charge is -2.25. The molecule has 1 rings (SSSR count). The van der Waals surface area contributed by atoms with Gasteiger partial charge < -0.3 is 21.5 Å². The number of nitrogens with zero attached hydrogens (tertiary/aromatic N) is 1. The van der Waals surface area contributed by atoms with Crippen molar-refractivity contribution in [3.63, 3.8) is 0 Å². The monoisotopic (exact) mass is 266 g/mol. The summed E-state index contributed by atoms with van der Waals surface area (Å²) in [7, 11) is 1.68. The van der Waals surface area contributed by atoms with Crippen molar-refractivity contribution < 1.29 is 9.53 Å². The molecule has 6 nitrogen and oxygen atoms in total. The second kappa shape index (κ2) is 6.38. The summed E-state index contributed by atoms with van der Waals surface area (Å²) in [6.45, 7) is 5.57. The average molecular weight is 266 g/mol. The van der Waals surface area contributed by atoms with Gasteiger partial charge in [-0.2, -0.15) is 0 Å². The Morgan fingerprint density at radius 1 is 1.53 bits per heavy atom. The Hall–Kier alpha value is -1.82. The highest BCUT2D eigenvalue weighted by Crippen LogP contribution is 2.22. The predicted octanol–water partition coefficient (Wildman–Crippen LogP) is 1.24. The number of rotatable bonds is 7. The summed E-state index contributed by atoms with van der Waals surface area (Å²) in [6.07, 6.45) is 2.40. The molecule has 1 heterocycles. The summed E-state index contributed by atoms with van der Waals surface area (Å²) in [5.74, 6) is -0.0795. The highest BCUT2D eigenvalue weighted by atomic mass is 16.5. The Morgan fingerprint density at radius 2 is 2.21 bits per heavy atom. The van der Waals surface area contributed by atoms with Crippen LogP contribution in [0.3, 0.4) is 0 Å². The molecule has 19 heavy (non-hydrogen) atoms. The van der Waals surface area contributed by atoms with Gasteiger partial charge in [0.1, 0.15) is 5.82 Å². The van der Waals surface area contributed by atoms with E-state index in [-0.39, 0.29) is 5.41 Å². The van der Waals surface area contributed by atoms with Crippen LogP contribution in [0.5, 0.6) is 0 Å². The zero-order valence-corrected chi connectivity index (χ0v) is 11.7. The Balaban J connectivity index is 2.75. The van der Waals surface area contributed by atoms with E-state index in [2.05, 4.69) is 24.1 Å². The SMILES string of the molecule is COCCC(C)(C)CNc1ncc(N)cc1C(N)=O. The number of carbonyl (C=O) groups is 1. The van der Waals surface area contributed by atoms with E-state index in [0.717, 1.165) is 6.42 Å². The smallest absolute Gasteiger partial charge is 0.252 e. The number of pyridine rings is 1. The molecule has 0 aliphatic heterocycles. The number of nitrogens with two attached hydrogens (primary N) is 2. The van der Waals surface area contributed by atoms with Gasteiger partial charge in [-0.3, -0.25) is 4.79 Å². The fraction of sp³-hybridized carbons (Fsp3) is 0.538. The first-order valence-corrected chi connectivity index (χ1v) is 6.14. The maximum atomic E-state index is 11.3. The normalized spacial score (nSPS) is 11.3. The number of primary amides is 1. The van der Waals surface area contributed by atoms with Crippen LogP contribution in [0.25, 0.3) is 0 Å². The van der Waals surface area contributed by atoms with E-state index in [0.29, 0.717) is 30.2 Å². The molecule has 1 aromatic heterocycles. The maximum absolute atomic E-state index is 11.3. The van der Waals surface area contributed by atoms with Crippen LogP contribution in [-0.2, 0) is 4.74 Å². The molecule has 0 bridgehead atoms. The summed E-state index contributed by atoms with van der Waals surface area (Å²) in [6, 6.07) is 1.53. The number of nitrogen functional groups attached to an aromatic ring is 1. The van der Waals surface area contributed by atoms with E-state index in [9.17, 15) is 4.79 Å². The van der Waals surface area contributed by atoms with Gasteiger partial charge >= 0.3 is 0 Å². The first-order valence-electron chi connectivity index (χ1n) is 6.14. The van der Waals surface area contributed by atoms with Crippen LogP contribution < -0.4 is 16.8 Å². The molecule has 1 aromatic rings. The maximum Gasteiger partial charge on any atom is 0.252 e. The van der Waals surface area contributed by atoms with Crippen LogP contribution in [0, 0.1) is 5.41 Å². The summed E-state index contributed by atoms with van der Waals surface area (Å²) >= 11 is 0. The minimum absolute atomic E-state index is 0.0218. The molecule has 0 aliphatic rings. The zero-order chi connectivity index (χ0) is 14.5. The summed E-state index contributed by atoms with van der Waals surface area (Å²) in [4.78, 5) is 15.5.